The lowest BCUT2D eigenvalue weighted by atomic mass is 9.52. The first-order chi connectivity index (χ1) is 14.1. The molecule has 0 aromatic heterocycles. The maximum atomic E-state index is 13.7. The van der Waals surface area contributed by atoms with Crippen molar-refractivity contribution in [1.82, 2.24) is 15.1 Å². The van der Waals surface area contributed by atoms with Crippen LogP contribution in [0.15, 0.2) is 24.3 Å². The van der Waals surface area contributed by atoms with Gasteiger partial charge in [0.15, 0.2) is 0 Å². The fraction of sp³-hybridized carbons (Fsp3) is 0.708. The molecule has 1 saturated heterocycles. The Bertz CT molecular complexity index is 708. The molecule has 1 amide bonds. The molecule has 4 bridgehead atoms. The van der Waals surface area contributed by atoms with Crippen LogP contribution in [-0.2, 0) is 11.3 Å². The van der Waals surface area contributed by atoms with Crippen LogP contribution in [0.4, 0.5) is 0 Å². The summed E-state index contributed by atoms with van der Waals surface area (Å²) in [5.41, 5.74) is 1.27. The van der Waals surface area contributed by atoms with Crippen molar-refractivity contribution >= 4 is 5.91 Å². The lowest BCUT2D eigenvalue weighted by Crippen LogP contribution is -2.62. The highest BCUT2D eigenvalue weighted by Gasteiger charge is 2.54. The van der Waals surface area contributed by atoms with E-state index < -0.39 is 0 Å². The van der Waals surface area contributed by atoms with Crippen LogP contribution in [0, 0.1) is 17.8 Å². The van der Waals surface area contributed by atoms with Gasteiger partial charge in [0, 0.05) is 38.3 Å². The van der Waals surface area contributed by atoms with Gasteiger partial charge in [-0.25, -0.2) is 0 Å². The molecular weight excluding hydrogens is 362 g/mol. The normalized spacial score (nSPS) is 33.6. The summed E-state index contributed by atoms with van der Waals surface area (Å²) in [4.78, 5) is 18.4. The SMILES string of the molecule is COc1cccc(CN(C(=O)CN2CCNCC2)C23CC4CC(CC(C4)C2)C3)c1. The summed E-state index contributed by atoms with van der Waals surface area (Å²) in [6.45, 7) is 5.20. The van der Waals surface area contributed by atoms with Gasteiger partial charge in [-0.3, -0.25) is 9.69 Å². The fourth-order valence-corrected chi connectivity index (χ4v) is 7.02. The highest BCUT2D eigenvalue weighted by molar-refractivity contribution is 5.79. The van der Waals surface area contributed by atoms with Gasteiger partial charge < -0.3 is 15.0 Å². The molecule has 5 heteroatoms. The number of rotatable bonds is 6. The second-order valence-electron chi connectivity index (χ2n) is 10.00. The quantitative estimate of drug-likeness (QED) is 0.802. The molecule has 5 nitrogen and oxygen atoms in total. The molecule has 158 valence electrons. The van der Waals surface area contributed by atoms with Crippen molar-refractivity contribution < 1.29 is 9.53 Å². The Morgan fingerprint density at radius 3 is 2.41 bits per heavy atom. The van der Waals surface area contributed by atoms with Crippen LogP contribution in [0.25, 0.3) is 0 Å². The number of benzene rings is 1. The molecule has 1 aromatic carbocycles. The summed E-state index contributed by atoms with van der Waals surface area (Å²) in [6.07, 6.45) is 7.86. The van der Waals surface area contributed by atoms with Gasteiger partial charge in [-0.05, 0) is 74.0 Å². The number of ether oxygens (including phenoxy) is 1. The highest BCUT2D eigenvalue weighted by Crippen LogP contribution is 2.58. The number of nitrogens with zero attached hydrogens (tertiary/aromatic N) is 2. The lowest BCUT2D eigenvalue weighted by molar-refractivity contribution is -0.153. The van der Waals surface area contributed by atoms with E-state index in [1.807, 2.05) is 12.1 Å². The van der Waals surface area contributed by atoms with Crippen LogP contribution in [0.3, 0.4) is 0 Å². The van der Waals surface area contributed by atoms with E-state index in [4.69, 9.17) is 4.74 Å². The molecule has 0 spiro atoms. The number of nitrogens with one attached hydrogen (secondary N) is 1. The molecule has 6 rings (SSSR count). The average Bonchev–Trinajstić information content (AvgIpc) is 2.72. The molecule has 0 unspecified atom stereocenters. The monoisotopic (exact) mass is 397 g/mol. The van der Waals surface area contributed by atoms with E-state index in [1.54, 1.807) is 7.11 Å². The van der Waals surface area contributed by atoms with Gasteiger partial charge in [0.1, 0.15) is 5.75 Å². The zero-order chi connectivity index (χ0) is 19.8. The first-order valence-electron chi connectivity index (χ1n) is 11.5. The first-order valence-corrected chi connectivity index (χ1v) is 11.5. The molecule has 0 atom stereocenters. The second-order valence-corrected chi connectivity index (χ2v) is 10.00. The number of carbonyl (C=O) groups excluding carboxylic acids is 1. The predicted molar refractivity (Wildman–Crippen MR) is 114 cm³/mol. The highest BCUT2D eigenvalue weighted by atomic mass is 16.5. The fourth-order valence-electron chi connectivity index (χ4n) is 7.02. The van der Waals surface area contributed by atoms with Gasteiger partial charge in [-0.15, -0.1) is 0 Å². The van der Waals surface area contributed by atoms with E-state index in [-0.39, 0.29) is 5.54 Å². The molecule has 1 aromatic rings. The topological polar surface area (TPSA) is 44.8 Å². The van der Waals surface area contributed by atoms with Crippen molar-refractivity contribution in [1.29, 1.82) is 0 Å². The molecule has 0 radical (unpaired) electrons. The summed E-state index contributed by atoms with van der Waals surface area (Å²) < 4.78 is 5.45. The van der Waals surface area contributed by atoms with Gasteiger partial charge >= 0.3 is 0 Å². The molecule has 5 aliphatic rings. The Morgan fingerprint density at radius 2 is 1.79 bits per heavy atom. The minimum absolute atomic E-state index is 0.0863. The number of piperazine rings is 1. The van der Waals surface area contributed by atoms with Gasteiger partial charge in [0.25, 0.3) is 0 Å². The zero-order valence-corrected chi connectivity index (χ0v) is 17.7. The average molecular weight is 398 g/mol. The Kier molecular flexibility index (Phi) is 5.29. The number of amides is 1. The van der Waals surface area contributed by atoms with E-state index in [1.165, 1.54) is 44.1 Å². The third kappa shape index (κ3) is 3.91. The number of methoxy groups -OCH3 is 1. The molecule has 5 fully saturated rings. The molecule has 1 heterocycles. The summed E-state index contributed by atoms with van der Waals surface area (Å²) >= 11 is 0. The summed E-state index contributed by atoms with van der Waals surface area (Å²) in [7, 11) is 1.71. The molecule has 4 aliphatic carbocycles. The van der Waals surface area contributed by atoms with Gasteiger partial charge in [-0.2, -0.15) is 0 Å². The minimum atomic E-state index is 0.0863. The number of hydrogen-bond acceptors (Lipinski definition) is 4. The lowest BCUT2D eigenvalue weighted by Gasteiger charge is -2.60. The Balaban J connectivity index is 1.41. The van der Waals surface area contributed by atoms with E-state index >= 15 is 0 Å². The van der Waals surface area contributed by atoms with Crippen molar-refractivity contribution in [3.8, 4) is 5.75 Å². The largest absolute Gasteiger partial charge is 0.497 e. The van der Waals surface area contributed by atoms with Gasteiger partial charge in [0.05, 0.1) is 13.7 Å². The molecule has 1 N–H and O–H groups in total. The Morgan fingerprint density at radius 1 is 1.14 bits per heavy atom. The van der Waals surface area contributed by atoms with Crippen molar-refractivity contribution in [3.63, 3.8) is 0 Å². The molecule has 1 aliphatic heterocycles. The van der Waals surface area contributed by atoms with E-state index in [0.717, 1.165) is 49.7 Å². The summed E-state index contributed by atoms with van der Waals surface area (Å²) in [5.74, 6) is 3.71. The standard InChI is InChI=1S/C24H35N3O2/c1-29-22-4-2-3-18(12-22)16-27(23(28)17-26-7-5-25-6-8-26)24-13-19-9-20(14-24)11-21(10-19)15-24/h2-4,12,19-21,25H,5-11,13-17H2,1H3. The smallest absolute Gasteiger partial charge is 0.237 e. The predicted octanol–water partition coefficient (Wildman–Crippen LogP) is 2.90. The van der Waals surface area contributed by atoms with E-state index in [2.05, 4.69) is 27.2 Å². The van der Waals surface area contributed by atoms with Crippen molar-refractivity contribution in [2.45, 2.75) is 50.6 Å². The van der Waals surface area contributed by atoms with Crippen molar-refractivity contribution in [2.24, 2.45) is 17.8 Å². The molecular formula is C24H35N3O2. The zero-order valence-electron chi connectivity index (χ0n) is 17.7. The van der Waals surface area contributed by atoms with Crippen LogP contribution >= 0.6 is 0 Å². The Hall–Kier alpha value is -1.59. The van der Waals surface area contributed by atoms with E-state index in [9.17, 15) is 4.79 Å². The van der Waals surface area contributed by atoms with Crippen LogP contribution in [0.1, 0.15) is 44.1 Å². The van der Waals surface area contributed by atoms with Crippen molar-refractivity contribution in [2.75, 3.05) is 39.8 Å². The van der Waals surface area contributed by atoms with Crippen molar-refractivity contribution in [3.05, 3.63) is 29.8 Å². The van der Waals surface area contributed by atoms with Crippen LogP contribution in [-0.4, -0.2) is 61.1 Å². The van der Waals surface area contributed by atoms with Gasteiger partial charge in [-0.1, -0.05) is 12.1 Å². The number of carbonyl (C=O) groups is 1. The molecule has 29 heavy (non-hydrogen) atoms. The maximum absolute atomic E-state index is 13.7. The third-order valence-electron chi connectivity index (χ3n) is 7.92. The summed E-state index contributed by atoms with van der Waals surface area (Å²) in [6, 6.07) is 8.29. The third-order valence-corrected chi connectivity index (χ3v) is 7.92. The minimum Gasteiger partial charge on any atom is -0.497 e. The Labute approximate surface area is 174 Å². The first kappa shape index (κ1) is 19.4. The molecule has 4 saturated carbocycles. The van der Waals surface area contributed by atoms with Gasteiger partial charge in [0.2, 0.25) is 5.91 Å². The second kappa shape index (κ2) is 7.92. The van der Waals surface area contributed by atoms with Crippen LogP contribution in [0.5, 0.6) is 5.75 Å². The number of hydrogen-bond donors (Lipinski definition) is 1. The summed E-state index contributed by atoms with van der Waals surface area (Å²) in [5, 5.41) is 3.40. The van der Waals surface area contributed by atoms with Crippen LogP contribution in [0.2, 0.25) is 0 Å². The van der Waals surface area contributed by atoms with Crippen LogP contribution < -0.4 is 10.1 Å². The maximum Gasteiger partial charge on any atom is 0.237 e. The van der Waals surface area contributed by atoms with E-state index in [0.29, 0.717) is 19.0 Å².